The fourth-order valence-electron chi connectivity index (χ4n) is 2.21. The van der Waals surface area contributed by atoms with Gasteiger partial charge < -0.3 is 10.1 Å². The fraction of sp³-hybridized carbons (Fsp3) is 0.750. The van der Waals surface area contributed by atoms with Gasteiger partial charge in [-0.3, -0.25) is 0 Å². The van der Waals surface area contributed by atoms with Crippen LogP contribution in [0.5, 0.6) is 0 Å². The van der Waals surface area contributed by atoms with Gasteiger partial charge >= 0.3 is 0 Å². The van der Waals surface area contributed by atoms with Gasteiger partial charge in [-0.25, -0.2) is 9.97 Å². The number of rotatable bonds is 8. The molecular formula is C16H29N3O. The van der Waals surface area contributed by atoms with Gasteiger partial charge in [0, 0.05) is 18.5 Å². The Kier molecular flexibility index (Phi) is 6.56. The quantitative estimate of drug-likeness (QED) is 0.743. The smallest absolute Gasteiger partial charge is 0.160 e. The van der Waals surface area contributed by atoms with E-state index in [1.165, 1.54) is 5.56 Å². The SMILES string of the molecule is CCNCCc1c(CC)nc(C(C)(C)OC)nc1CC. The minimum atomic E-state index is -0.436. The average molecular weight is 279 g/mol. The van der Waals surface area contributed by atoms with Crippen molar-refractivity contribution in [2.75, 3.05) is 20.2 Å². The lowest BCUT2D eigenvalue weighted by atomic mass is 10.0. The van der Waals surface area contributed by atoms with E-state index in [1.54, 1.807) is 7.11 Å². The summed E-state index contributed by atoms with van der Waals surface area (Å²) in [6.07, 6.45) is 2.86. The van der Waals surface area contributed by atoms with Crippen LogP contribution in [0.4, 0.5) is 0 Å². The molecule has 4 heteroatoms. The van der Waals surface area contributed by atoms with E-state index < -0.39 is 5.60 Å². The molecule has 0 bridgehead atoms. The highest BCUT2D eigenvalue weighted by Gasteiger charge is 2.25. The zero-order valence-electron chi connectivity index (χ0n) is 13.8. The molecule has 0 aliphatic carbocycles. The topological polar surface area (TPSA) is 47.0 Å². The van der Waals surface area contributed by atoms with Gasteiger partial charge in [-0.05, 0) is 51.8 Å². The van der Waals surface area contributed by atoms with Crippen molar-refractivity contribution in [2.45, 2.75) is 59.5 Å². The second-order valence-electron chi connectivity index (χ2n) is 5.44. The zero-order valence-corrected chi connectivity index (χ0v) is 13.8. The van der Waals surface area contributed by atoms with Crippen LogP contribution in [0.2, 0.25) is 0 Å². The van der Waals surface area contributed by atoms with E-state index in [9.17, 15) is 0 Å². The zero-order chi connectivity index (χ0) is 15.2. The Hall–Kier alpha value is -1.00. The molecule has 0 amide bonds. The predicted molar refractivity (Wildman–Crippen MR) is 83.1 cm³/mol. The van der Waals surface area contributed by atoms with E-state index in [0.717, 1.165) is 49.6 Å². The van der Waals surface area contributed by atoms with Crippen LogP contribution in [-0.4, -0.2) is 30.2 Å². The van der Waals surface area contributed by atoms with Gasteiger partial charge in [-0.1, -0.05) is 20.8 Å². The Bertz CT molecular complexity index is 405. The summed E-state index contributed by atoms with van der Waals surface area (Å²) in [5.41, 5.74) is 3.20. The summed E-state index contributed by atoms with van der Waals surface area (Å²) in [5.74, 6) is 0.793. The number of nitrogens with zero attached hydrogens (tertiary/aromatic N) is 2. The summed E-state index contributed by atoms with van der Waals surface area (Å²) in [6.45, 7) is 12.4. The van der Waals surface area contributed by atoms with Crippen LogP contribution in [0.25, 0.3) is 0 Å². The van der Waals surface area contributed by atoms with Crippen LogP contribution in [0.1, 0.15) is 57.4 Å². The van der Waals surface area contributed by atoms with Gasteiger partial charge in [0.1, 0.15) is 5.60 Å². The van der Waals surface area contributed by atoms with Crippen LogP contribution >= 0.6 is 0 Å². The highest BCUT2D eigenvalue weighted by atomic mass is 16.5. The molecule has 0 aliphatic rings. The number of nitrogens with one attached hydrogen (secondary N) is 1. The molecule has 4 nitrogen and oxygen atoms in total. The third-order valence-corrected chi connectivity index (χ3v) is 3.70. The summed E-state index contributed by atoms with van der Waals surface area (Å²) in [7, 11) is 1.71. The third-order valence-electron chi connectivity index (χ3n) is 3.70. The van der Waals surface area contributed by atoms with Crippen LogP contribution in [-0.2, 0) is 29.6 Å². The second kappa shape index (κ2) is 7.70. The molecule has 1 aromatic rings. The molecule has 0 fully saturated rings. The fourth-order valence-corrected chi connectivity index (χ4v) is 2.21. The van der Waals surface area contributed by atoms with E-state index in [0.29, 0.717) is 0 Å². The molecule has 1 heterocycles. The van der Waals surface area contributed by atoms with Crippen LogP contribution < -0.4 is 5.32 Å². The highest BCUT2D eigenvalue weighted by Crippen LogP contribution is 2.23. The summed E-state index contributed by atoms with van der Waals surface area (Å²) in [4.78, 5) is 9.51. The molecule has 1 N–H and O–H groups in total. The Balaban J connectivity index is 3.18. The maximum absolute atomic E-state index is 5.52. The van der Waals surface area contributed by atoms with Crippen molar-refractivity contribution >= 4 is 0 Å². The monoisotopic (exact) mass is 279 g/mol. The molecule has 0 aliphatic heterocycles. The highest BCUT2D eigenvalue weighted by molar-refractivity contribution is 5.28. The van der Waals surface area contributed by atoms with Crippen molar-refractivity contribution < 1.29 is 4.74 Å². The van der Waals surface area contributed by atoms with Crippen LogP contribution in [0.15, 0.2) is 0 Å². The summed E-state index contributed by atoms with van der Waals surface area (Å²) in [6, 6.07) is 0. The number of hydrogen-bond acceptors (Lipinski definition) is 4. The summed E-state index contributed by atoms with van der Waals surface area (Å²) >= 11 is 0. The molecule has 0 spiro atoms. The first-order valence-electron chi connectivity index (χ1n) is 7.65. The van der Waals surface area contributed by atoms with Gasteiger partial charge in [-0.15, -0.1) is 0 Å². The maximum atomic E-state index is 5.52. The van der Waals surface area contributed by atoms with Crippen LogP contribution in [0, 0.1) is 0 Å². The summed E-state index contributed by atoms with van der Waals surface area (Å²) in [5, 5.41) is 3.38. The summed E-state index contributed by atoms with van der Waals surface area (Å²) < 4.78 is 5.52. The molecule has 0 radical (unpaired) electrons. The third kappa shape index (κ3) is 4.00. The number of likely N-dealkylation sites (N-methyl/N-ethyl adjacent to an activating group) is 1. The Labute approximate surface area is 123 Å². The van der Waals surface area contributed by atoms with Crippen molar-refractivity contribution in [1.29, 1.82) is 0 Å². The maximum Gasteiger partial charge on any atom is 0.160 e. The molecule has 20 heavy (non-hydrogen) atoms. The lowest BCUT2D eigenvalue weighted by Crippen LogP contribution is -2.26. The van der Waals surface area contributed by atoms with Gasteiger partial charge in [0.15, 0.2) is 5.82 Å². The number of methoxy groups -OCH3 is 1. The Morgan fingerprint density at radius 3 is 2.00 bits per heavy atom. The van der Waals surface area contributed by atoms with Gasteiger partial charge in [-0.2, -0.15) is 0 Å². The number of hydrogen-bond donors (Lipinski definition) is 1. The van der Waals surface area contributed by atoms with Crippen LogP contribution in [0.3, 0.4) is 0 Å². The molecule has 0 unspecified atom stereocenters. The number of aromatic nitrogens is 2. The van der Waals surface area contributed by atoms with Crippen molar-refractivity contribution in [3.8, 4) is 0 Å². The lowest BCUT2D eigenvalue weighted by molar-refractivity contribution is 0.0110. The van der Waals surface area contributed by atoms with E-state index in [2.05, 4.69) is 26.1 Å². The molecule has 0 aromatic carbocycles. The van der Waals surface area contributed by atoms with E-state index >= 15 is 0 Å². The number of aryl methyl sites for hydroxylation is 2. The number of ether oxygens (including phenoxy) is 1. The first-order valence-corrected chi connectivity index (χ1v) is 7.65. The Morgan fingerprint density at radius 1 is 1.05 bits per heavy atom. The first-order chi connectivity index (χ1) is 9.50. The minimum absolute atomic E-state index is 0.436. The normalized spacial score (nSPS) is 11.9. The molecule has 114 valence electrons. The minimum Gasteiger partial charge on any atom is -0.371 e. The molecule has 1 aromatic heterocycles. The molecule has 0 atom stereocenters. The largest absolute Gasteiger partial charge is 0.371 e. The Morgan fingerprint density at radius 2 is 1.60 bits per heavy atom. The molecule has 1 rings (SSSR count). The van der Waals surface area contributed by atoms with Gasteiger partial charge in [0.2, 0.25) is 0 Å². The molecule has 0 saturated carbocycles. The molecule has 0 saturated heterocycles. The van der Waals surface area contributed by atoms with E-state index in [4.69, 9.17) is 14.7 Å². The van der Waals surface area contributed by atoms with E-state index in [1.807, 2.05) is 13.8 Å². The van der Waals surface area contributed by atoms with Crippen molar-refractivity contribution in [3.63, 3.8) is 0 Å². The second-order valence-corrected chi connectivity index (χ2v) is 5.44. The predicted octanol–water partition coefficient (Wildman–Crippen LogP) is 2.63. The average Bonchev–Trinajstić information content (AvgIpc) is 2.46. The standard InChI is InChI=1S/C16H29N3O/c1-7-13-12(10-11-17-9-3)14(8-2)19-15(18-13)16(4,5)20-6/h17H,7-11H2,1-6H3. The van der Waals surface area contributed by atoms with Crippen molar-refractivity contribution in [2.24, 2.45) is 0 Å². The first kappa shape index (κ1) is 17.1. The molecular weight excluding hydrogens is 250 g/mol. The van der Waals surface area contributed by atoms with Crippen molar-refractivity contribution in [1.82, 2.24) is 15.3 Å². The van der Waals surface area contributed by atoms with Gasteiger partial charge in [0.25, 0.3) is 0 Å². The lowest BCUT2D eigenvalue weighted by Gasteiger charge is -2.24. The van der Waals surface area contributed by atoms with Crippen molar-refractivity contribution in [3.05, 3.63) is 22.8 Å². The van der Waals surface area contributed by atoms with E-state index in [-0.39, 0.29) is 0 Å². The van der Waals surface area contributed by atoms with Gasteiger partial charge in [0.05, 0.1) is 0 Å².